The largest absolute Gasteiger partial charge is 0.323 e. The van der Waals surface area contributed by atoms with E-state index in [1.807, 2.05) is 0 Å². The zero-order chi connectivity index (χ0) is 18.0. The van der Waals surface area contributed by atoms with Crippen molar-refractivity contribution < 1.29 is 18.0 Å². The summed E-state index contributed by atoms with van der Waals surface area (Å²) in [6, 6.07) is 12.5. The van der Waals surface area contributed by atoms with Crippen molar-refractivity contribution in [3.63, 3.8) is 0 Å². The number of para-hydroxylation sites is 1. The highest BCUT2D eigenvalue weighted by atomic mass is 19.3. The average molecular weight is 347 g/mol. The van der Waals surface area contributed by atoms with E-state index in [2.05, 4.69) is 10.7 Å². The van der Waals surface area contributed by atoms with E-state index in [0.29, 0.717) is 16.8 Å². The van der Waals surface area contributed by atoms with E-state index in [-0.39, 0.29) is 0 Å². The molecule has 130 valence electrons. The Labute approximate surface area is 142 Å². The summed E-state index contributed by atoms with van der Waals surface area (Å²) in [5.41, 5.74) is 1.70. The summed E-state index contributed by atoms with van der Waals surface area (Å²) in [6.45, 7) is 0. The van der Waals surface area contributed by atoms with Crippen LogP contribution < -0.4 is 10.7 Å². The Hall–Kier alpha value is -2.80. The van der Waals surface area contributed by atoms with Gasteiger partial charge in [-0.3, -0.25) is 4.79 Å². The zero-order valence-electron chi connectivity index (χ0n) is 13.3. The van der Waals surface area contributed by atoms with Crippen LogP contribution in [0.3, 0.4) is 0 Å². The van der Waals surface area contributed by atoms with Crippen molar-refractivity contribution in [1.82, 2.24) is 10.4 Å². The average Bonchev–Trinajstić information content (AvgIpc) is 2.99. The van der Waals surface area contributed by atoms with E-state index >= 15 is 0 Å². The maximum atomic E-state index is 13.5. The molecule has 1 amide bonds. The van der Waals surface area contributed by atoms with Gasteiger partial charge >= 0.3 is 0 Å². The second-order valence-corrected chi connectivity index (χ2v) is 5.72. The number of carbonyl (C=O) groups excluding carboxylic acids is 1. The van der Waals surface area contributed by atoms with Crippen molar-refractivity contribution in [2.75, 3.05) is 12.4 Å². The molecule has 1 atom stereocenters. The number of alkyl halides is 2. The van der Waals surface area contributed by atoms with Crippen LogP contribution in [0.1, 0.15) is 0 Å². The maximum absolute atomic E-state index is 13.5. The fourth-order valence-corrected chi connectivity index (χ4v) is 2.67. The van der Waals surface area contributed by atoms with Crippen LogP contribution >= 0.6 is 0 Å². The summed E-state index contributed by atoms with van der Waals surface area (Å²) >= 11 is 0. The third-order valence-corrected chi connectivity index (χ3v) is 3.95. The molecular formula is C18H16F3N3O. The standard InChI is InChI=1S/C18H16F3N3O/c1-24-10-9-18(23-24,16(20)21)17(25)22-15-8-3-2-7-14(15)12-5-4-6-13(19)11-12/h2-11,16,23H,1H3,(H,22,25). The van der Waals surface area contributed by atoms with Gasteiger partial charge in [0.15, 0.2) is 5.54 Å². The molecule has 4 nitrogen and oxygen atoms in total. The van der Waals surface area contributed by atoms with Crippen molar-refractivity contribution in [2.45, 2.75) is 12.0 Å². The summed E-state index contributed by atoms with van der Waals surface area (Å²) in [5, 5.41) is 3.83. The molecule has 1 unspecified atom stereocenters. The predicted octanol–water partition coefficient (Wildman–Crippen LogP) is 3.40. The minimum atomic E-state index is -2.95. The van der Waals surface area contributed by atoms with Crippen LogP contribution in [0.2, 0.25) is 0 Å². The Morgan fingerprint density at radius 1 is 1.20 bits per heavy atom. The molecule has 0 aliphatic carbocycles. The third kappa shape index (κ3) is 3.23. The van der Waals surface area contributed by atoms with Gasteiger partial charge in [0, 0.05) is 24.5 Å². The maximum Gasteiger partial charge on any atom is 0.270 e. The molecule has 0 spiro atoms. The SMILES string of the molecule is CN1C=CC(C(=O)Nc2ccccc2-c2cccc(F)c2)(C(F)F)N1. The van der Waals surface area contributed by atoms with Crippen molar-refractivity contribution in [3.05, 3.63) is 66.6 Å². The highest BCUT2D eigenvalue weighted by Crippen LogP contribution is 2.30. The first kappa shape index (κ1) is 17.0. The number of halogens is 3. The van der Waals surface area contributed by atoms with Gasteiger partial charge in [-0.05, 0) is 29.8 Å². The highest BCUT2D eigenvalue weighted by molar-refractivity contribution is 6.03. The molecule has 0 bridgehead atoms. The van der Waals surface area contributed by atoms with Gasteiger partial charge in [-0.2, -0.15) is 0 Å². The lowest BCUT2D eigenvalue weighted by atomic mass is 9.99. The van der Waals surface area contributed by atoms with Crippen LogP contribution in [0, 0.1) is 5.82 Å². The fraction of sp³-hybridized carbons (Fsp3) is 0.167. The number of amides is 1. The molecule has 2 aromatic rings. The quantitative estimate of drug-likeness (QED) is 0.891. The van der Waals surface area contributed by atoms with E-state index in [0.717, 1.165) is 6.08 Å². The van der Waals surface area contributed by atoms with Crippen molar-refractivity contribution in [1.29, 1.82) is 0 Å². The number of nitrogens with one attached hydrogen (secondary N) is 2. The number of carbonyl (C=O) groups is 1. The highest BCUT2D eigenvalue weighted by Gasteiger charge is 2.48. The Balaban J connectivity index is 1.94. The van der Waals surface area contributed by atoms with E-state index < -0.39 is 23.7 Å². The van der Waals surface area contributed by atoms with Crippen LogP contribution in [-0.2, 0) is 4.79 Å². The minimum Gasteiger partial charge on any atom is -0.323 e. The number of hydrogen-bond acceptors (Lipinski definition) is 3. The molecular weight excluding hydrogens is 331 g/mol. The second-order valence-electron chi connectivity index (χ2n) is 5.72. The lowest BCUT2D eigenvalue weighted by Crippen LogP contribution is -2.58. The molecule has 0 aromatic heterocycles. The molecule has 1 heterocycles. The lowest BCUT2D eigenvalue weighted by Gasteiger charge is -2.28. The van der Waals surface area contributed by atoms with Gasteiger partial charge < -0.3 is 10.3 Å². The number of nitrogens with zero attached hydrogens (tertiary/aromatic N) is 1. The number of rotatable bonds is 4. The van der Waals surface area contributed by atoms with Gasteiger partial charge in [0.05, 0.1) is 0 Å². The first-order valence-electron chi connectivity index (χ1n) is 7.57. The van der Waals surface area contributed by atoms with Crippen molar-refractivity contribution >= 4 is 11.6 Å². The van der Waals surface area contributed by atoms with E-state index in [4.69, 9.17) is 0 Å². The van der Waals surface area contributed by atoms with Crippen molar-refractivity contribution in [3.8, 4) is 11.1 Å². The Morgan fingerprint density at radius 3 is 2.60 bits per heavy atom. The second kappa shape index (κ2) is 6.60. The number of anilines is 1. The monoisotopic (exact) mass is 347 g/mol. The van der Waals surface area contributed by atoms with Gasteiger partial charge in [-0.15, -0.1) is 0 Å². The topological polar surface area (TPSA) is 44.4 Å². The Kier molecular flexibility index (Phi) is 4.50. The molecule has 0 radical (unpaired) electrons. The molecule has 1 aliphatic heterocycles. The van der Waals surface area contributed by atoms with Gasteiger partial charge in [0.2, 0.25) is 0 Å². The molecule has 2 N–H and O–H groups in total. The summed E-state index contributed by atoms with van der Waals surface area (Å²) in [7, 11) is 1.52. The zero-order valence-corrected chi connectivity index (χ0v) is 13.3. The van der Waals surface area contributed by atoms with Crippen LogP contribution in [0.15, 0.2) is 60.8 Å². The number of hydrazine groups is 1. The molecule has 0 fully saturated rings. The molecule has 2 aromatic carbocycles. The van der Waals surface area contributed by atoms with Gasteiger partial charge in [0.25, 0.3) is 12.3 Å². The van der Waals surface area contributed by atoms with Gasteiger partial charge in [-0.25, -0.2) is 18.6 Å². The minimum absolute atomic E-state index is 0.322. The summed E-state index contributed by atoms with van der Waals surface area (Å²) in [4.78, 5) is 12.6. The van der Waals surface area contributed by atoms with E-state index in [1.165, 1.54) is 30.4 Å². The molecule has 25 heavy (non-hydrogen) atoms. The van der Waals surface area contributed by atoms with Crippen LogP contribution in [0.25, 0.3) is 11.1 Å². The molecule has 0 saturated carbocycles. The summed E-state index contributed by atoms with van der Waals surface area (Å²) < 4.78 is 40.6. The van der Waals surface area contributed by atoms with Crippen LogP contribution in [0.4, 0.5) is 18.9 Å². The van der Waals surface area contributed by atoms with E-state index in [1.54, 1.807) is 36.4 Å². The molecule has 1 aliphatic rings. The number of hydrogen-bond donors (Lipinski definition) is 2. The molecule has 0 saturated heterocycles. The molecule has 3 rings (SSSR count). The van der Waals surface area contributed by atoms with Crippen LogP contribution in [-0.4, -0.2) is 29.9 Å². The van der Waals surface area contributed by atoms with Crippen LogP contribution in [0.5, 0.6) is 0 Å². The van der Waals surface area contributed by atoms with Crippen molar-refractivity contribution in [2.24, 2.45) is 0 Å². The molecule has 7 heteroatoms. The smallest absolute Gasteiger partial charge is 0.270 e. The predicted molar refractivity (Wildman–Crippen MR) is 89.2 cm³/mol. The first-order chi connectivity index (χ1) is 11.9. The van der Waals surface area contributed by atoms with Gasteiger partial charge in [0.1, 0.15) is 5.82 Å². The summed E-state index contributed by atoms with van der Waals surface area (Å²) in [6.07, 6.45) is -0.461. The fourth-order valence-electron chi connectivity index (χ4n) is 2.67. The lowest BCUT2D eigenvalue weighted by molar-refractivity contribution is -0.127. The van der Waals surface area contributed by atoms with Gasteiger partial charge in [-0.1, -0.05) is 30.3 Å². The Bertz CT molecular complexity index is 825. The summed E-state index contributed by atoms with van der Waals surface area (Å²) in [5.74, 6) is -1.32. The number of benzene rings is 2. The third-order valence-electron chi connectivity index (χ3n) is 3.95. The van der Waals surface area contributed by atoms with E-state index in [9.17, 15) is 18.0 Å². The Morgan fingerprint density at radius 2 is 1.96 bits per heavy atom. The normalized spacial score (nSPS) is 19.5. The first-order valence-corrected chi connectivity index (χ1v) is 7.57.